The highest BCUT2D eigenvalue weighted by atomic mass is 35.5. The third-order valence-electron chi connectivity index (χ3n) is 2.21. The fourth-order valence-corrected chi connectivity index (χ4v) is 1.46. The third kappa shape index (κ3) is 2.23. The van der Waals surface area contributed by atoms with Crippen molar-refractivity contribution < 1.29 is 9.63 Å². The monoisotopic (exact) mass is 219 g/mol. The van der Waals surface area contributed by atoms with Crippen molar-refractivity contribution in [1.29, 1.82) is 0 Å². The van der Waals surface area contributed by atoms with E-state index in [9.17, 15) is 5.11 Å². The summed E-state index contributed by atoms with van der Waals surface area (Å²) in [5.41, 5.74) is 0. The number of aryl methyl sites for hydroxylation is 1. The van der Waals surface area contributed by atoms with Crippen LogP contribution in [-0.4, -0.2) is 27.9 Å². The van der Waals surface area contributed by atoms with Crippen molar-refractivity contribution in [3.63, 3.8) is 0 Å². The van der Waals surface area contributed by atoms with Gasteiger partial charge in [-0.1, -0.05) is 12.1 Å². The molecule has 2 heterocycles. The second-order valence-corrected chi connectivity index (χ2v) is 3.25. The van der Waals surface area contributed by atoms with E-state index in [1.807, 2.05) is 6.92 Å². The van der Waals surface area contributed by atoms with Crippen molar-refractivity contribution in [2.75, 3.05) is 6.54 Å². The maximum absolute atomic E-state index is 9.27. The molecule has 0 aromatic carbocycles. The maximum Gasteiger partial charge on any atom is 0.243 e. The van der Waals surface area contributed by atoms with Crippen LogP contribution in [-0.2, 0) is 6.42 Å². The molecule has 0 spiro atoms. The zero-order valence-corrected chi connectivity index (χ0v) is 8.75. The molecule has 0 amide bonds. The van der Waals surface area contributed by atoms with Crippen molar-refractivity contribution in [3.05, 3.63) is 11.7 Å². The van der Waals surface area contributed by atoms with Gasteiger partial charge in [0.2, 0.25) is 5.89 Å². The summed E-state index contributed by atoms with van der Waals surface area (Å²) < 4.78 is 5.05. The first kappa shape index (κ1) is 11.4. The van der Waals surface area contributed by atoms with Crippen molar-refractivity contribution >= 4 is 12.4 Å². The first-order chi connectivity index (χ1) is 6.29. The van der Waals surface area contributed by atoms with Crippen LogP contribution in [0, 0.1) is 0 Å². The van der Waals surface area contributed by atoms with E-state index in [0.717, 1.165) is 12.2 Å². The molecular formula is C8H14ClN3O2. The maximum atomic E-state index is 9.27. The van der Waals surface area contributed by atoms with E-state index in [4.69, 9.17) is 4.52 Å². The minimum absolute atomic E-state index is 0. The first-order valence-corrected chi connectivity index (χ1v) is 4.53. The Balaban J connectivity index is 0.000000980. The van der Waals surface area contributed by atoms with Crippen LogP contribution in [0.3, 0.4) is 0 Å². The molecule has 1 fully saturated rings. The van der Waals surface area contributed by atoms with Gasteiger partial charge in [0.1, 0.15) is 0 Å². The van der Waals surface area contributed by atoms with Gasteiger partial charge in [0.15, 0.2) is 5.82 Å². The Kier molecular flexibility index (Phi) is 3.86. The predicted molar refractivity (Wildman–Crippen MR) is 52.3 cm³/mol. The summed E-state index contributed by atoms with van der Waals surface area (Å²) in [7, 11) is 0. The Morgan fingerprint density at radius 1 is 1.64 bits per heavy atom. The second-order valence-electron chi connectivity index (χ2n) is 3.25. The normalized spacial score (nSPS) is 26.1. The van der Waals surface area contributed by atoms with Gasteiger partial charge in [-0.25, -0.2) is 0 Å². The van der Waals surface area contributed by atoms with Gasteiger partial charge >= 0.3 is 0 Å². The van der Waals surface area contributed by atoms with Crippen LogP contribution in [0.25, 0.3) is 0 Å². The molecule has 1 saturated heterocycles. The molecule has 2 atom stereocenters. The Hall–Kier alpha value is -0.650. The molecule has 1 aliphatic rings. The van der Waals surface area contributed by atoms with E-state index in [2.05, 4.69) is 15.5 Å². The van der Waals surface area contributed by atoms with Crippen LogP contribution in [0.15, 0.2) is 4.52 Å². The predicted octanol–water partition coefficient (Wildman–Crippen LogP) is 0.449. The number of β-amino-alcohol motifs (C(OH)–C–C–N with tert-alkyl or cyclic N) is 1. The highest BCUT2D eigenvalue weighted by Gasteiger charge is 2.27. The highest BCUT2D eigenvalue weighted by Crippen LogP contribution is 2.21. The lowest BCUT2D eigenvalue weighted by molar-refractivity contribution is 0.191. The molecule has 1 aromatic heterocycles. The molecule has 2 rings (SSSR count). The molecule has 0 saturated carbocycles. The number of aliphatic hydroxyl groups is 1. The fraction of sp³-hybridized carbons (Fsp3) is 0.750. The number of rotatable bonds is 2. The smallest absolute Gasteiger partial charge is 0.243 e. The van der Waals surface area contributed by atoms with Gasteiger partial charge in [0.25, 0.3) is 0 Å². The standard InChI is InChI=1S/C8H13N3O2.ClH/c1-2-7-10-8(13-11-7)6-3-5(12)4-9-6;/h5-6,9,12H,2-4H2,1H3;1H. The van der Waals surface area contributed by atoms with Crippen LogP contribution in [0.1, 0.15) is 31.1 Å². The van der Waals surface area contributed by atoms with Crippen LogP contribution in [0.4, 0.5) is 0 Å². The van der Waals surface area contributed by atoms with Crippen LogP contribution >= 0.6 is 12.4 Å². The van der Waals surface area contributed by atoms with E-state index in [0.29, 0.717) is 18.9 Å². The summed E-state index contributed by atoms with van der Waals surface area (Å²) in [4.78, 5) is 4.19. The molecule has 0 bridgehead atoms. The lowest BCUT2D eigenvalue weighted by Gasteiger charge is -2.01. The zero-order chi connectivity index (χ0) is 9.26. The van der Waals surface area contributed by atoms with Crippen LogP contribution < -0.4 is 5.32 Å². The van der Waals surface area contributed by atoms with E-state index in [-0.39, 0.29) is 24.6 Å². The van der Waals surface area contributed by atoms with E-state index >= 15 is 0 Å². The fourth-order valence-electron chi connectivity index (χ4n) is 1.46. The van der Waals surface area contributed by atoms with Gasteiger partial charge in [0, 0.05) is 13.0 Å². The number of hydrogen-bond acceptors (Lipinski definition) is 5. The van der Waals surface area contributed by atoms with Gasteiger partial charge in [-0.15, -0.1) is 12.4 Å². The molecule has 14 heavy (non-hydrogen) atoms. The molecular weight excluding hydrogens is 206 g/mol. The Bertz CT molecular complexity index is 292. The summed E-state index contributed by atoms with van der Waals surface area (Å²) in [6.07, 6.45) is 1.14. The van der Waals surface area contributed by atoms with Crippen molar-refractivity contribution in [2.24, 2.45) is 0 Å². The summed E-state index contributed by atoms with van der Waals surface area (Å²) in [6, 6.07) is 0.0304. The summed E-state index contributed by atoms with van der Waals surface area (Å²) in [5, 5.41) is 16.2. The van der Waals surface area contributed by atoms with E-state index < -0.39 is 0 Å². The third-order valence-corrected chi connectivity index (χ3v) is 2.21. The molecule has 1 aromatic rings. The SMILES string of the molecule is CCc1noc(C2CC(O)CN2)n1.Cl. The lowest BCUT2D eigenvalue weighted by Crippen LogP contribution is -2.15. The van der Waals surface area contributed by atoms with Gasteiger partial charge in [-0.05, 0) is 6.42 Å². The number of aromatic nitrogens is 2. The van der Waals surface area contributed by atoms with Gasteiger partial charge in [0.05, 0.1) is 12.1 Å². The molecule has 2 N–H and O–H groups in total. The summed E-state index contributed by atoms with van der Waals surface area (Å²) in [5.74, 6) is 1.31. The molecule has 2 unspecified atom stereocenters. The number of halogens is 1. The Morgan fingerprint density at radius 3 is 2.93 bits per heavy atom. The van der Waals surface area contributed by atoms with E-state index in [1.165, 1.54) is 0 Å². The Labute approximate surface area is 88.3 Å². The highest BCUT2D eigenvalue weighted by molar-refractivity contribution is 5.85. The minimum Gasteiger partial charge on any atom is -0.392 e. The topological polar surface area (TPSA) is 71.2 Å². The molecule has 5 nitrogen and oxygen atoms in total. The minimum atomic E-state index is -0.290. The van der Waals surface area contributed by atoms with E-state index in [1.54, 1.807) is 0 Å². The average molecular weight is 220 g/mol. The Morgan fingerprint density at radius 2 is 2.43 bits per heavy atom. The number of aliphatic hydroxyl groups excluding tert-OH is 1. The van der Waals surface area contributed by atoms with Gasteiger partial charge in [-0.2, -0.15) is 4.98 Å². The molecule has 1 aliphatic heterocycles. The number of hydrogen-bond donors (Lipinski definition) is 2. The molecule has 0 aliphatic carbocycles. The van der Waals surface area contributed by atoms with Gasteiger partial charge in [-0.3, -0.25) is 0 Å². The van der Waals surface area contributed by atoms with Crippen molar-refractivity contribution in [2.45, 2.75) is 31.9 Å². The lowest BCUT2D eigenvalue weighted by atomic mass is 10.2. The first-order valence-electron chi connectivity index (χ1n) is 4.53. The molecule has 6 heteroatoms. The molecule has 80 valence electrons. The van der Waals surface area contributed by atoms with Crippen LogP contribution in [0.2, 0.25) is 0 Å². The number of nitrogens with one attached hydrogen (secondary N) is 1. The zero-order valence-electron chi connectivity index (χ0n) is 7.93. The van der Waals surface area contributed by atoms with Crippen molar-refractivity contribution in [3.8, 4) is 0 Å². The quantitative estimate of drug-likeness (QED) is 0.756. The largest absolute Gasteiger partial charge is 0.392 e. The second kappa shape index (κ2) is 4.72. The van der Waals surface area contributed by atoms with Gasteiger partial charge < -0.3 is 14.9 Å². The molecule has 0 radical (unpaired) electrons. The number of nitrogens with zero attached hydrogens (tertiary/aromatic N) is 2. The average Bonchev–Trinajstić information content (AvgIpc) is 2.71. The van der Waals surface area contributed by atoms with Crippen molar-refractivity contribution in [1.82, 2.24) is 15.5 Å². The summed E-state index contributed by atoms with van der Waals surface area (Å²) in [6.45, 7) is 2.58. The summed E-state index contributed by atoms with van der Waals surface area (Å²) >= 11 is 0. The van der Waals surface area contributed by atoms with Crippen LogP contribution in [0.5, 0.6) is 0 Å².